The van der Waals surface area contributed by atoms with Crippen LogP contribution in [0.5, 0.6) is 0 Å². The van der Waals surface area contributed by atoms with Crippen LogP contribution in [0, 0.1) is 0 Å². The van der Waals surface area contributed by atoms with Gasteiger partial charge in [0.15, 0.2) is 0 Å². The van der Waals surface area contributed by atoms with E-state index < -0.39 is 0 Å². The highest BCUT2D eigenvalue weighted by Crippen LogP contribution is 2.14. The molecular formula is C15H11ClN4O. The molecule has 0 aliphatic carbocycles. The second-order valence-corrected chi connectivity index (χ2v) is 4.77. The molecule has 0 saturated carbocycles. The zero-order valence-electron chi connectivity index (χ0n) is 10.9. The number of carbonyl (C=O) groups is 1. The summed E-state index contributed by atoms with van der Waals surface area (Å²) in [4.78, 5) is 20.3. The van der Waals surface area contributed by atoms with Crippen LogP contribution in [0.3, 0.4) is 0 Å². The number of carbonyl (C=O) groups excluding carboxylic acids is 1. The van der Waals surface area contributed by atoms with Gasteiger partial charge in [-0.3, -0.25) is 9.36 Å². The Bertz CT molecular complexity index is 736. The van der Waals surface area contributed by atoms with Crippen molar-refractivity contribution < 1.29 is 4.79 Å². The zero-order chi connectivity index (χ0) is 14.7. The number of benzene rings is 1. The Hall–Kier alpha value is -2.66. The molecule has 0 bridgehead atoms. The molecule has 1 aromatic carbocycles. The third kappa shape index (κ3) is 3.09. The minimum absolute atomic E-state index is 0.220. The molecule has 0 aliphatic heterocycles. The fourth-order valence-corrected chi connectivity index (χ4v) is 1.93. The summed E-state index contributed by atoms with van der Waals surface area (Å²) < 4.78 is 1.76. The third-order valence-electron chi connectivity index (χ3n) is 2.88. The maximum Gasteiger partial charge on any atom is 0.257 e. The first-order valence-corrected chi connectivity index (χ1v) is 6.61. The molecule has 0 fully saturated rings. The molecule has 6 heteroatoms. The predicted molar refractivity (Wildman–Crippen MR) is 80.8 cm³/mol. The van der Waals surface area contributed by atoms with Crippen LogP contribution in [0.1, 0.15) is 10.4 Å². The van der Waals surface area contributed by atoms with Crippen LogP contribution in [0.4, 0.5) is 5.69 Å². The number of pyridine rings is 1. The van der Waals surface area contributed by atoms with E-state index in [9.17, 15) is 4.79 Å². The Kier molecular flexibility index (Phi) is 3.66. The lowest BCUT2D eigenvalue weighted by Gasteiger charge is -2.06. The van der Waals surface area contributed by atoms with E-state index in [0.29, 0.717) is 22.1 Å². The molecule has 0 aliphatic rings. The van der Waals surface area contributed by atoms with Gasteiger partial charge in [-0.05, 0) is 36.4 Å². The lowest BCUT2D eigenvalue weighted by molar-refractivity contribution is 0.102. The molecule has 104 valence electrons. The maximum atomic E-state index is 12.1. The molecule has 3 aromatic rings. The highest BCUT2D eigenvalue weighted by atomic mass is 35.5. The smallest absolute Gasteiger partial charge is 0.257 e. The number of amides is 1. The molecule has 2 aromatic heterocycles. The second-order valence-electron chi connectivity index (χ2n) is 4.34. The van der Waals surface area contributed by atoms with Crippen molar-refractivity contribution in [3.8, 4) is 5.82 Å². The van der Waals surface area contributed by atoms with Crippen LogP contribution in [0.15, 0.2) is 61.3 Å². The molecule has 21 heavy (non-hydrogen) atoms. The van der Waals surface area contributed by atoms with Crippen molar-refractivity contribution in [2.75, 3.05) is 5.32 Å². The fraction of sp³-hybridized carbons (Fsp3) is 0. The molecule has 0 spiro atoms. The predicted octanol–water partition coefficient (Wildman–Crippen LogP) is 3.17. The Morgan fingerprint density at radius 2 is 1.95 bits per heavy atom. The van der Waals surface area contributed by atoms with Crippen LogP contribution >= 0.6 is 11.6 Å². The molecule has 0 unspecified atom stereocenters. The molecule has 0 saturated heterocycles. The Morgan fingerprint density at radius 3 is 2.57 bits per heavy atom. The van der Waals surface area contributed by atoms with Gasteiger partial charge in [0.25, 0.3) is 5.91 Å². The number of nitrogens with one attached hydrogen (secondary N) is 1. The number of halogens is 1. The van der Waals surface area contributed by atoms with Crippen molar-refractivity contribution in [3.05, 3.63) is 71.9 Å². The van der Waals surface area contributed by atoms with E-state index in [0.717, 1.165) is 0 Å². The Morgan fingerprint density at radius 1 is 1.14 bits per heavy atom. The number of anilines is 1. The average molecular weight is 299 g/mol. The number of rotatable bonds is 3. The summed E-state index contributed by atoms with van der Waals surface area (Å²) in [5.41, 5.74) is 1.16. The van der Waals surface area contributed by atoms with Crippen LogP contribution in [0.2, 0.25) is 5.02 Å². The lowest BCUT2D eigenvalue weighted by atomic mass is 10.2. The van der Waals surface area contributed by atoms with Crippen molar-refractivity contribution in [2.24, 2.45) is 0 Å². The maximum absolute atomic E-state index is 12.1. The van der Waals surface area contributed by atoms with Crippen LogP contribution in [0.25, 0.3) is 5.82 Å². The second kappa shape index (κ2) is 5.76. The minimum atomic E-state index is -0.220. The van der Waals surface area contributed by atoms with Crippen molar-refractivity contribution in [1.82, 2.24) is 14.5 Å². The summed E-state index contributed by atoms with van der Waals surface area (Å²) in [6.07, 6.45) is 6.63. The topological polar surface area (TPSA) is 59.8 Å². The summed E-state index contributed by atoms with van der Waals surface area (Å²) >= 11 is 5.80. The van der Waals surface area contributed by atoms with Crippen LogP contribution < -0.4 is 5.32 Å². The van der Waals surface area contributed by atoms with Gasteiger partial charge in [-0.1, -0.05) is 11.6 Å². The zero-order valence-corrected chi connectivity index (χ0v) is 11.7. The van der Waals surface area contributed by atoms with Gasteiger partial charge in [0, 0.05) is 29.3 Å². The monoisotopic (exact) mass is 298 g/mol. The Labute approximate surface area is 126 Å². The lowest BCUT2D eigenvalue weighted by Crippen LogP contribution is -2.12. The summed E-state index contributed by atoms with van der Waals surface area (Å²) in [6.45, 7) is 0. The van der Waals surface area contributed by atoms with Gasteiger partial charge in [0.05, 0.1) is 5.56 Å². The van der Waals surface area contributed by atoms with Gasteiger partial charge in [0.2, 0.25) is 0 Å². The van der Waals surface area contributed by atoms with E-state index in [4.69, 9.17) is 11.6 Å². The van der Waals surface area contributed by atoms with E-state index >= 15 is 0 Å². The van der Waals surface area contributed by atoms with Gasteiger partial charge in [-0.2, -0.15) is 0 Å². The van der Waals surface area contributed by atoms with E-state index in [2.05, 4.69) is 15.3 Å². The highest BCUT2D eigenvalue weighted by molar-refractivity contribution is 6.30. The summed E-state index contributed by atoms with van der Waals surface area (Å²) in [5, 5.41) is 3.41. The van der Waals surface area contributed by atoms with Crippen molar-refractivity contribution in [3.63, 3.8) is 0 Å². The summed E-state index contributed by atoms with van der Waals surface area (Å²) in [6, 6.07) is 10.4. The largest absolute Gasteiger partial charge is 0.322 e. The first kappa shape index (κ1) is 13.3. The van der Waals surface area contributed by atoms with E-state index in [1.165, 1.54) is 6.20 Å². The van der Waals surface area contributed by atoms with E-state index in [-0.39, 0.29) is 5.91 Å². The van der Waals surface area contributed by atoms with Gasteiger partial charge < -0.3 is 5.32 Å². The fourth-order valence-electron chi connectivity index (χ4n) is 1.80. The third-order valence-corrected chi connectivity index (χ3v) is 3.13. The first-order valence-electron chi connectivity index (χ1n) is 6.24. The standard InChI is InChI=1S/C15H11ClN4O/c16-12-2-4-13(5-3-12)19-15(21)11-1-6-14(18-9-11)20-8-7-17-10-20/h1-10H,(H,19,21). The normalized spacial score (nSPS) is 10.3. The van der Waals surface area contributed by atoms with E-state index in [1.54, 1.807) is 59.7 Å². The number of imidazole rings is 1. The molecule has 0 atom stereocenters. The number of hydrogen-bond acceptors (Lipinski definition) is 3. The van der Waals surface area contributed by atoms with Crippen molar-refractivity contribution >= 4 is 23.2 Å². The average Bonchev–Trinajstić information content (AvgIpc) is 3.04. The molecule has 0 radical (unpaired) electrons. The number of nitrogens with zero attached hydrogens (tertiary/aromatic N) is 3. The van der Waals surface area contributed by atoms with Crippen molar-refractivity contribution in [1.29, 1.82) is 0 Å². The number of hydrogen-bond donors (Lipinski definition) is 1. The van der Waals surface area contributed by atoms with Gasteiger partial charge in [-0.15, -0.1) is 0 Å². The highest BCUT2D eigenvalue weighted by Gasteiger charge is 2.07. The molecule has 3 rings (SSSR count). The van der Waals surface area contributed by atoms with Crippen LogP contribution in [-0.2, 0) is 0 Å². The van der Waals surface area contributed by atoms with Crippen molar-refractivity contribution in [2.45, 2.75) is 0 Å². The van der Waals surface area contributed by atoms with E-state index in [1.807, 2.05) is 0 Å². The van der Waals surface area contributed by atoms with Crippen LogP contribution in [-0.4, -0.2) is 20.4 Å². The quantitative estimate of drug-likeness (QED) is 0.808. The van der Waals surface area contributed by atoms with Gasteiger partial charge in [0.1, 0.15) is 12.1 Å². The van der Waals surface area contributed by atoms with Gasteiger partial charge >= 0.3 is 0 Å². The minimum Gasteiger partial charge on any atom is -0.322 e. The first-order chi connectivity index (χ1) is 10.2. The molecular weight excluding hydrogens is 288 g/mol. The molecule has 1 amide bonds. The summed E-state index contributed by atoms with van der Waals surface area (Å²) in [7, 11) is 0. The molecule has 1 N–H and O–H groups in total. The Balaban J connectivity index is 1.74. The summed E-state index contributed by atoms with van der Waals surface area (Å²) in [5.74, 6) is 0.484. The molecule has 2 heterocycles. The number of aromatic nitrogens is 3. The van der Waals surface area contributed by atoms with Gasteiger partial charge in [-0.25, -0.2) is 9.97 Å². The SMILES string of the molecule is O=C(Nc1ccc(Cl)cc1)c1ccc(-n2ccnc2)nc1. The molecule has 5 nitrogen and oxygen atoms in total.